The van der Waals surface area contributed by atoms with Crippen LogP contribution >= 0.6 is 23.2 Å². The Kier molecular flexibility index (Phi) is 4.39. The largest absolute Gasteiger partial charge is 0.432 e. The van der Waals surface area contributed by atoms with Crippen LogP contribution in [0.1, 0.15) is 5.56 Å². The number of rotatable bonds is 4. The van der Waals surface area contributed by atoms with Crippen molar-refractivity contribution in [1.82, 2.24) is 4.98 Å². The number of nitrogens with zero attached hydrogens (tertiary/aromatic N) is 2. The molecule has 6 nitrogen and oxygen atoms in total. The number of aliphatic hydroxyl groups excluding tert-OH is 1. The van der Waals surface area contributed by atoms with Gasteiger partial charge in [0.15, 0.2) is 0 Å². The Morgan fingerprint density at radius 3 is 2.55 bits per heavy atom. The van der Waals surface area contributed by atoms with Gasteiger partial charge in [0.25, 0.3) is 0 Å². The highest BCUT2D eigenvalue weighted by Gasteiger charge is 2.19. The summed E-state index contributed by atoms with van der Waals surface area (Å²) < 4.78 is 5.33. The van der Waals surface area contributed by atoms with Crippen LogP contribution in [-0.2, 0) is 6.61 Å². The number of pyridine rings is 1. The molecule has 0 bridgehead atoms. The number of aliphatic hydroxyl groups is 1. The fourth-order valence-corrected chi connectivity index (χ4v) is 1.73. The highest BCUT2D eigenvalue weighted by atomic mass is 35.5. The molecule has 104 valence electrons. The van der Waals surface area contributed by atoms with Gasteiger partial charge >= 0.3 is 5.69 Å². The van der Waals surface area contributed by atoms with Crippen molar-refractivity contribution in [3.05, 3.63) is 56.2 Å². The number of ether oxygens (including phenoxy) is 1. The van der Waals surface area contributed by atoms with Crippen LogP contribution in [0.15, 0.2) is 30.5 Å². The zero-order chi connectivity index (χ0) is 14.7. The Bertz CT molecular complexity index is 647. The average molecular weight is 315 g/mol. The normalized spacial score (nSPS) is 10.3. The predicted octanol–water partition coefficient (Wildman–Crippen LogP) is 3.58. The summed E-state index contributed by atoms with van der Waals surface area (Å²) in [6.45, 7) is -0.153. The van der Waals surface area contributed by atoms with E-state index in [-0.39, 0.29) is 34.0 Å². The summed E-state index contributed by atoms with van der Waals surface area (Å²) in [7, 11) is 0. The molecule has 0 aliphatic rings. The van der Waals surface area contributed by atoms with Crippen molar-refractivity contribution in [2.45, 2.75) is 6.61 Å². The van der Waals surface area contributed by atoms with E-state index in [4.69, 9.17) is 33.0 Å². The second-order valence-electron chi connectivity index (χ2n) is 3.76. The van der Waals surface area contributed by atoms with Crippen molar-refractivity contribution < 1.29 is 14.8 Å². The molecule has 1 aromatic carbocycles. The molecule has 0 aliphatic heterocycles. The van der Waals surface area contributed by atoms with Gasteiger partial charge < -0.3 is 9.84 Å². The monoisotopic (exact) mass is 314 g/mol. The molecule has 0 spiro atoms. The highest BCUT2D eigenvalue weighted by molar-refractivity contribution is 6.42. The molecule has 1 N–H and O–H groups in total. The van der Waals surface area contributed by atoms with Gasteiger partial charge in [0.2, 0.25) is 11.6 Å². The van der Waals surface area contributed by atoms with Gasteiger partial charge in [0, 0.05) is 24.4 Å². The summed E-state index contributed by atoms with van der Waals surface area (Å²) in [5.41, 5.74) is 0.286. The maximum absolute atomic E-state index is 10.9. The molecule has 8 heteroatoms. The molecular formula is C12H8Cl2N2O4. The average Bonchev–Trinajstić information content (AvgIpc) is 2.43. The third kappa shape index (κ3) is 3.16. The zero-order valence-electron chi connectivity index (χ0n) is 9.92. The standard InChI is InChI=1S/C12H8Cl2N2O4/c13-8-3-10(16(18)19)11(4-9(8)14)20-12-2-1-7(6-17)5-15-12/h1-5,17H,6H2. The summed E-state index contributed by atoms with van der Waals surface area (Å²) in [6.07, 6.45) is 1.40. The number of nitro benzene ring substituents is 1. The molecule has 0 radical (unpaired) electrons. The van der Waals surface area contributed by atoms with Gasteiger partial charge in [-0.1, -0.05) is 23.2 Å². The van der Waals surface area contributed by atoms with Crippen molar-refractivity contribution >= 4 is 28.9 Å². The van der Waals surface area contributed by atoms with Crippen LogP contribution in [0.3, 0.4) is 0 Å². The van der Waals surface area contributed by atoms with Crippen LogP contribution in [0.5, 0.6) is 11.6 Å². The van der Waals surface area contributed by atoms with Gasteiger partial charge in [-0.3, -0.25) is 10.1 Å². The number of benzene rings is 1. The van der Waals surface area contributed by atoms with Crippen molar-refractivity contribution in [3.8, 4) is 11.6 Å². The topological polar surface area (TPSA) is 85.5 Å². The van der Waals surface area contributed by atoms with Gasteiger partial charge in [0.05, 0.1) is 21.6 Å². The Hall–Kier alpha value is -1.89. The Balaban J connectivity index is 2.36. The first-order valence-corrected chi connectivity index (χ1v) is 6.14. The second-order valence-corrected chi connectivity index (χ2v) is 4.57. The van der Waals surface area contributed by atoms with Crippen molar-refractivity contribution in [3.63, 3.8) is 0 Å². The summed E-state index contributed by atoms with van der Waals surface area (Å²) in [6, 6.07) is 5.44. The van der Waals surface area contributed by atoms with Crippen LogP contribution in [0, 0.1) is 10.1 Å². The number of hydrogen-bond acceptors (Lipinski definition) is 5. The Morgan fingerprint density at radius 1 is 1.30 bits per heavy atom. The minimum absolute atomic E-state index is 0.0614. The number of nitro groups is 1. The number of hydrogen-bond donors (Lipinski definition) is 1. The maximum Gasteiger partial charge on any atom is 0.313 e. The van der Waals surface area contributed by atoms with Gasteiger partial charge in [0.1, 0.15) is 0 Å². The van der Waals surface area contributed by atoms with E-state index in [1.165, 1.54) is 18.3 Å². The zero-order valence-corrected chi connectivity index (χ0v) is 11.4. The third-order valence-corrected chi connectivity index (χ3v) is 3.12. The molecule has 1 heterocycles. The third-order valence-electron chi connectivity index (χ3n) is 2.39. The number of aromatic nitrogens is 1. The van der Waals surface area contributed by atoms with E-state index >= 15 is 0 Å². The summed E-state index contributed by atoms with van der Waals surface area (Å²) >= 11 is 11.6. The molecule has 2 aromatic rings. The lowest BCUT2D eigenvalue weighted by molar-refractivity contribution is -0.385. The van der Waals surface area contributed by atoms with Crippen molar-refractivity contribution in [1.29, 1.82) is 0 Å². The first-order chi connectivity index (χ1) is 9.51. The molecule has 0 saturated heterocycles. The summed E-state index contributed by atoms with van der Waals surface area (Å²) in [5.74, 6) is 0.0809. The Labute approximate surface area is 123 Å². The highest BCUT2D eigenvalue weighted by Crippen LogP contribution is 2.37. The number of halogens is 2. The lowest BCUT2D eigenvalue weighted by Crippen LogP contribution is -1.95. The smallest absolute Gasteiger partial charge is 0.313 e. The molecule has 0 amide bonds. The molecule has 1 aromatic heterocycles. The minimum Gasteiger partial charge on any atom is -0.432 e. The van der Waals surface area contributed by atoms with E-state index < -0.39 is 4.92 Å². The maximum atomic E-state index is 10.9. The van der Waals surface area contributed by atoms with Gasteiger partial charge in [-0.2, -0.15) is 0 Å². The molecule has 0 unspecified atom stereocenters. The molecule has 0 fully saturated rings. The predicted molar refractivity (Wildman–Crippen MR) is 73.4 cm³/mol. The lowest BCUT2D eigenvalue weighted by Gasteiger charge is -2.07. The molecule has 0 atom stereocenters. The lowest BCUT2D eigenvalue weighted by atomic mass is 10.3. The molecule has 20 heavy (non-hydrogen) atoms. The fourth-order valence-electron chi connectivity index (χ4n) is 1.42. The first kappa shape index (κ1) is 14.5. The van der Waals surface area contributed by atoms with Gasteiger partial charge in [-0.05, 0) is 11.6 Å². The fraction of sp³-hybridized carbons (Fsp3) is 0.0833. The van der Waals surface area contributed by atoms with E-state index in [2.05, 4.69) is 4.98 Å². The van der Waals surface area contributed by atoms with E-state index in [0.717, 1.165) is 6.07 Å². The first-order valence-electron chi connectivity index (χ1n) is 5.38. The minimum atomic E-state index is -0.625. The molecule has 0 aliphatic carbocycles. The van der Waals surface area contributed by atoms with Crippen molar-refractivity contribution in [2.75, 3.05) is 0 Å². The van der Waals surface area contributed by atoms with E-state index in [1.54, 1.807) is 6.07 Å². The summed E-state index contributed by atoms with van der Waals surface area (Å²) in [5, 5.41) is 20.0. The van der Waals surface area contributed by atoms with Crippen LogP contribution in [0.2, 0.25) is 10.0 Å². The second kappa shape index (κ2) is 6.04. The quantitative estimate of drug-likeness (QED) is 0.688. The van der Waals surface area contributed by atoms with Crippen LogP contribution in [0.25, 0.3) is 0 Å². The summed E-state index contributed by atoms with van der Waals surface area (Å²) in [4.78, 5) is 14.2. The molecular weight excluding hydrogens is 307 g/mol. The Morgan fingerprint density at radius 2 is 2.00 bits per heavy atom. The molecule has 2 rings (SSSR count). The van der Waals surface area contributed by atoms with Crippen molar-refractivity contribution in [2.24, 2.45) is 0 Å². The SMILES string of the molecule is O=[N+]([O-])c1cc(Cl)c(Cl)cc1Oc1ccc(CO)cn1. The van der Waals surface area contributed by atoms with E-state index in [1.807, 2.05) is 0 Å². The molecule has 0 saturated carbocycles. The van der Waals surface area contributed by atoms with E-state index in [9.17, 15) is 10.1 Å². The van der Waals surface area contributed by atoms with Crippen LogP contribution in [-0.4, -0.2) is 15.0 Å². The van der Waals surface area contributed by atoms with Gasteiger partial charge in [-0.25, -0.2) is 4.98 Å². The van der Waals surface area contributed by atoms with Crippen LogP contribution < -0.4 is 4.74 Å². The van der Waals surface area contributed by atoms with Crippen LogP contribution in [0.4, 0.5) is 5.69 Å². The van der Waals surface area contributed by atoms with E-state index in [0.29, 0.717) is 5.56 Å². The van der Waals surface area contributed by atoms with Gasteiger partial charge in [-0.15, -0.1) is 0 Å².